The van der Waals surface area contributed by atoms with Crippen LogP contribution in [0.1, 0.15) is 30.4 Å². The molecule has 0 radical (unpaired) electrons. The van der Waals surface area contributed by atoms with E-state index in [1.807, 2.05) is 4.90 Å². The molecule has 2 aliphatic rings. The summed E-state index contributed by atoms with van der Waals surface area (Å²) in [6.07, 6.45) is -2.11. The molecule has 2 aliphatic heterocycles. The van der Waals surface area contributed by atoms with Crippen molar-refractivity contribution in [2.24, 2.45) is 5.41 Å². The summed E-state index contributed by atoms with van der Waals surface area (Å²) < 4.78 is 52.7. The van der Waals surface area contributed by atoms with Gasteiger partial charge in [-0.05, 0) is 61.5 Å². The maximum absolute atomic E-state index is 13.2. The van der Waals surface area contributed by atoms with Gasteiger partial charge in [-0.2, -0.15) is 18.2 Å². The highest BCUT2D eigenvalue weighted by Crippen LogP contribution is 2.44. The molecule has 0 N–H and O–H groups in total. The van der Waals surface area contributed by atoms with Gasteiger partial charge in [0, 0.05) is 25.7 Å². The predicted molar refractivity (Wildman–Crippen MR) is 128 cm³/mol. The Labute approximate surface area is 207 Å². The van der Waals surface area contributed by atoms with Crippen LogP contribution in [-0.4, -0.2) is 41.0 Å². The molecule has 3 aromatic rings. The van der Waals surface area contributed by atoms with Crippen molar-refractivity contribution in [2.45, 2.75) is 32.0 Å². The predicted octanol–water partition coefficient (Wildman–Crippen LogP) is 5.22. The number of aromatic nitrogens is 1. The summed E-state index contributed by atoms with van der Waals surface area (Å²) in [4.78, 5) is 31.6. The Kier molecular flexibility index (Phi) is 6.19. The maximum atomic E-state index is 13.2. The smallest absolute Gasteiger partial charge is 0.347 e. The number of benzene rings is 2. The van der Waals surface area contributed by atoms with Crippen LogP contribution in [0.3, 0.4) is 0 Å². The molecule has 2 aromatic carbocycles. The van der Waals surface area contributed by atoms with E-state index in [-0.39, 0.29) is 15.9 Å². The molecule has 1 spiro atoms. The molecule has 1 aromatic heterocycles. The standard InChI is InChI=1S/C24H22F4N4O3S/c25-17-3-1-15(2-4-17)13-30-8-5-23(6-9-30)7-10-31(14-23)22-29-21(33)18-11-16(24(26,27)28)12-19(32(34)35)20(18)36-22/h1-4,11-12H,5-10,13-14H2. The van der Waals surface area contributed by atoms with Crippen LogP contribution >= 0.6 is 11.3 Å². The first-order valence-corrected chi connectivity index (χ1v) is 12.3. The number of fused-ring (bicyclic) bond motifs is 1. The summed E-state index contributed by atoms with van der Waals surface area (Å²) in [5, 5.41) is 11.4. The van der Waals surface area contributed by atoms with Crippen LogP contribution in [-0.2, 0) is 12.7 Å². The molecule has 7 nitrogen and oxygen atoms in total. The van der Waals surface area contributed by atoms with Gasteiger partial charge in [0.1, 0.15) is 10.5 Å². The highest BCUT2D eigenvalue weighted by atomic mass is 32.1. The molecule has 0 unspecified atom stereocenters. The van der Waals surface area contributed by atoms with E-state index in [1.165, 1.54) is 12.1 Å². The van der Waals surface area contributed by atoms with Crippen molar-refractivity contribution in [1.82, 2.24) is 9.88 Å². The number of rotatable bonds is 4. The van der Waals surface area contributed by atoms with Gasteiger partial charge in [-0.15, -0.1) is 0 Å². The number of nitrogens with zero attached hydrogens (tertiary/aromatic N) is 4. The van der Waals surface area contributed by atoms with E-state index in [4.69, 9.17) is 0 Å². The quantitative estimate of drug-likeness (QED) is 0.266. The van der Waals surface area contributed by atoms with Crippen LogP contribution in [0, 0.1) is 21.3 Å². The third-order valence-corrected chi connectivity index (χ3v) is 8.32. The zero-order chi connectivity index (χ0) is 25.7. The highest BCUT2D eigenvalue weighted by Gasteiger charge is 2.41. The Bertz CT molecular complexity index is 1370. The molecule has 36 heavy (non-hydrogen) atoms. The maximum Gasteiger partial charge on any atom is 0.416 e. The second-order valence-electron chi connectivity index (χ2n) is 9.50. The van der Waals surface area contributed by atoms with Gasteiger partial charge < -0.3 is 4.90 Å². The molecule has 0 atom stereocenters. The lowest BCUT2D eigenvalue weighted by Crippen LogP contribution is -2.41. The first kappa shape index (κ1) is 24.6. The van der Waals surface area contributed by atoms with Crippen LogP contribution < -0.4 is 10.5 Å². The number of non-ortho nitro benzene ring substituents is 1. The fraction of sp³-hybridized carbons (Fsp3) is 0.417. The van der Waals surface area contributed by atoms with Crippen LogP contribution in [0.5, 0.6) is 0 Å². The third kappa shape index (κ3) is 4.79. The minimum absolute atomic E-state index is 0.0117. The topological polar surface area (TPSA) is 79.6 Å². The van der Waals surface area contributed by atoms with Crippen LogP contribution in [0.2, 0.25) is 0 Å². The normalized spacial score (nSPS) is 18.3. The largest absolute Gasteiger partial charge is 0.416 e. The number of halogens is 4. The van der Waals surface area contributed by atoms with Gasteiger partial charge in [0.25, 0.3) is 11.2 Å². The lowest BCUT2D eigenvalue weighted by atomic mass is 9.77. The van der Waals surface area contributed by atoms with E-state index in [9.17, 15) is 32.5 Å². The second kappa shape index (κ2) is 9.07. The number of hydrogen-bond donors (Lipinski definition) is 0. The van der Waals surface area contributed by atoms with Crippen molar-refractivity contribution in [3.8, 4) is 0 Å². The van der Waals surface area contributed by atoms with E-state index in [2.05, 4.69) is 9.88 Å². The number of anilines is 1. The van der Waals surface area contributed by atoms with E-state index >= 15 is 0 Å². The molecule has 5 rings (SSSR count). The van der Waals surface area contributed by atoms with Crippen molar-refractivity contribution >= 4 is 32.2 Å². The summed E-state index contributed by atoms with van der Waals surface area (Å²) >= 11 is 0.888. The summed E-state index contributed by atoms with van der Waals surface area (Å²) in [6, 6.07) is 7.57. The lowest BCUT2D eigenvalue weighted by molar-refractivity contribution is -0.383. The van der Waals surface area contributed by atoms with Crippen LogP contribution in [0.15, 0.2) is 41.2 Å². The fourth-order valence-electron chi connectivity index (χ4n) is 5.12. The molecule has 0 amide bonds. The molecule has 0 aliphatic carbocycles. The molecule has 2 saturated heterocycles. The van der Waals surface area contributed by atoms with Crippen molar-refractivity contribution in [3.63, 3.8) is 0 Å². The third-order valence-electron chi connectivity index (χ3n) is 7.16. The average molecular weight is 523 g/mol. The molecule has 0 bridgehead atoms. The molecule has 12 heteroatoms. The second-order valence-corrected chi connectivity index (χ2v) is 10.5. The molecule has 0 saturated carbocycles. The number of piperidine rings is 1. The van der Waals surface area contributed by atoms with Gasteiger partial charge in [0.2, 0.25) is 0 Å². The summed E-state index contributed by atoms with van der Waals surface area (Å²) in [7, 11) is 0. The van der Waals surface area contributed by atoms with E-state index < -0.39 is 33.3 Å². The van der Waals surface area contributed by atoms with Gasteiger partial charge in [-0.3, -0.25) is 19.8 Å². The van der Waals surface area contributed by atoms with Crippen LogP contribution in [0.25, 0.3) is 10.1 Å². The molecular formula is C24H22F4N4O3S. The van der Waals surface area contributed by atoms with Gasteiger partial charge >= 0.3 is 6.18 Å². The van der Waals surface area contributed by atoms with Crippen molar-refractivity contribution in [1.29, 1.82) is 0 Å². The van der Waals surface area contributed by atoms with Gasteiger partial charge in [0.05, 0.1) is 15.9 Å². The summed E-state index contributed by atoms with van der Waals surface area (Å²) in [5.74, 6) is -0.266. The molecule has 2 fully saturated rings. The van der Waals surface area contributed by atoms with Gasteiger partial charge in [-0.1, -0.05) is 23.5 Å². The minimum atomic E-state index is -4.82. The SMILES string of the molecule is O=c1nc(N2CCC3(CCN(Cc4ccc(F)cc4)CC3)C2)sc2c([N+](=O)[O-])cc(C(F)(F)F)cc12. The number of alkyl halides is 3. The molecule has 190 valence electrons. The van der Waals surface area contributed by atoms with Crippen LogP contribution in [0.4, 0.5) is 28.4 Å². The Morgan fingerprint density at radius 3 is 2.39 bits per heavy atom. The highest BCUT2D eigenvalue weighted by molar-refractivity contribution is 7.22. The fourth-order valence-corrected chi connectivity index (χ4v) is 6.21. The van der Waals surface area contributed by atoms with E-state index in [0.29, 0.717) is 30.4 Å². The minimum Gasteiger partial charge on any atom is -0.347 e. The Balaban J connectivity index is 1.35. The van der Waals surface area contributed by atoms with E-state index in [0.717, 1.165) is 55.8 Å². The Morgan fingerprint density at radius 2 is 1.75 bits per heavy atom. The summed E-state index contributed by atoms with van der Waals surface area (Å²) in [5.41, 5.74) is -1.83. The zero-order valence-corrected chi connectivity index (χ0v) is 19.9. The first-order chi connectivity index (χ1) is 17.0. The van der Waals surface area contributed by atoms with Gasteiger partial charge in [-0.25, -0.2) is 4.39 Å². The monoisotopic (exact) mass is 522 g/mol. The Morgan fingerprint density at radius 1 is 1.08 bits per heavy atom. The summed E-state index contributed by atoms with van der Waals surface area (Å²) in [6.45, 7) is 3.69. The lowest BCUT2D eigenvalue weighted by Gasteiger charge is -2.39. The zero-order valence-electron chi connectivity index (χ0n) is 19.1. The van der Waals surface area contributed by atoms with Crippen molar-refractivity contribution in [3.05, 3.63) is 73.8 Å². The van der Waals surface area contributed by atoms with Gasteiger partial charge in [0.15, 0.2) is 5.13 Å². The van der Waals surface area contributed by atoms with Crippen molar-refractivity contribution in [2.75, 3.05) is 31.1 Å². The van der Waals surface area contributed by atoms with E-state index in [1.54, 1.807) is 12.1 Å². The Hall–Kier alpha value is -3.12. The number of nitro groups is 1. The molecule has 3 heterocycles. The average Bonchev–Trinajstić information content (AvgIpc) is 3.24. The molecular weight excluding hydrogens is 500 g/mol. The van der Waals surface area contributed by atoms with Crippen molar-refractivity contribution < 1.29 is 22.5 Å². The number of hydrogen-bond acceptors (Lipinski definition) is 7. The first-order valence-electron chi connectivity index (χ1n) is 11.5. The number of likely N-dealkylation sites (tertiary alicyclic amines) is 1. The number of nitro benzene ring substituents is 1.